The summed E-state index contributed by atoms with van der Waals surface area (Å²) in [5, 5.41) is 8.06. The number of aryl methyl sites for hydroxylation is 2. The molecule has 1 atom stereocenters. The van der Waals surface area contributed by atoms with Gasteiger partial charge in [-0.25, -0.2) is 9.97 Å². The average Bonchev–Trinajstić information content (AvgIpc) is 3.45. The van der Waals surface area contributed by atoms with Crippen LogP contribution in [0.1, 0.15) is 16.8 Å². The van der Waals surface area contributed by atoms with Crippen LogP contribution in [0.2, 0.25) is 0 Å². The van der Waals surface area contributed by atoms with E-state index in [1.807, 2.05) is 48.5 Å². The van der Waals surface area contributed by atoms with Gasteiger partial charge >= 0.3 is 0 Å². The number of aromatic nitrogens is 5. The SMILES string of the molecule is Cn1cc(-c2ccnc(N3CCC(NC(=O)c4cc5ccccc5n(C)c4=O)C3)n2)cn1. The van der Waals surface area contributed by atoms with E-state index in [0.29, 0.717) is 12.5 Å². The molecule has 1 fully saturated rings. The van der Waals surface area contributed by atoms with Crippen molar-refractivity contribution in [2.24, 2.45) is 14.1 Å². The van der Waals surface area contributed by atoms with E-state index in [1.165, 1.54) is 4.57 Å². The number of fused-ring (bicyclic) bond motifs is 1. The molecule has 4 aromatic rings. The highest BCUT2D eigenvalue weighted by atomic mass is 16.2. The van der Waals surface area contributed by atoms with Crippen molar-refractivity contribution in [2.75, 3.05) is 18.0 Å². The zero-order valence-corrected chi connectivity index (χ0v) is 17.9. The van der Waals surface area contributed by atoms with Gasteiger partial charge in [-0.15, -0.1) is 0 Å². The summed E-state index contributed by atoms with van der Waals surface area (Å²) in [7, 11) is 3.55. The van der Waals surface area contributed by atoms with Crippen LogP contribution in [0, 0.1) is 0 Å². The molecule has 0 radical (unpaired) electrons. The van der Waals surface area contributed by atoms with E-state index >= 15 is 0 Å². The van der Waals surface area contributed by atoms with Crippen molar-refractivity contribution in [3.05, 3.63) is 70.9 Å². The van der Waals surface area contributed by atoms with Crippen molar-refractivity contribution in [1.29, 1.82) is 0 Å². The highest BCUT2D eigenvalue weighted by Crippen LogP contribution is 2.21. The minimum Gasteiger partial charge on any atom is -0.347 e. The molecule has 1 aliphatic rings. The Bertz CT molecular complexity index is 1370. The zero-order valence-electron chi connectivity index (χ0n) is 17.9. The summed E-state index contributed by atoms with van der Waals surface area (Å²) in [4.78, 5) is 36.8. The fourth-order valence-corrected chi connectivity index (χ4v) is 4.12. The van der Waals surface area contributed by atoms with Crippen molar-refractivity contribution in [2.45, 2.75) is 12.5 Å². The third kappa shape index (κ3) is 3.62. The molecule has 4 heterocycles. The Kier molecular flexibility index (Phi) is 4.93. The lowest BCUT2D eigenvalue weighted by molar-refractivity contribution is 0.0938. The van der Waals surface area contributed by atoms with Crippen molar-refractivity contribution < 1.29 is 4.79 Å². The van der Waals surface area contributed by atoms with Crippen LogP contribution in [0.4, 0.5) is 5.95 Å². The molecule has 9 nitrogen and oxygen atoms in total. The number of carbonyl (C=O) groups excluding carboxylic acids is 1. The standard InChI is InChI=1S/C23H23N7O2/c1-28-13-16(12-25-28)19-7-9-24-23(27-19)30-10-8-17(14-30)26-21(31)18-11-15-5-3-4-6-20(15)29(2)22(18)32/h3-7,9,11-13,17H,8,10,14H2,1-2H3,(H,26,31). The third-order valence-electron chi connectivity index (χ3n) is 5.83. The number of amides is 1. The Morgan fingerprint density at radius 2 is 2.03 bits per heavy atom. The molecule has 1 N–H and O–H groups in total. The maximum atomic E-state index is 12.9. The Labute approximate surface area is 184 Å². The summed E-state index contributed by atoms with van der Waals surface area (Å²) in [5.74, 6) is 0.262. The Balaban J connectivity index is 1.32. The molecule has 1 unspecified atom stereocenters. The molecule has 1 aliphatic heterocycles. The summed E-state index contributed by atoms with van der Waals surface area (Å²) in [6.45, 7) is 1.30. The summed E-state index contributed by atoms with van der Waals surface area (Å²) >= 11 is 0. The molecular formula is C23H23N7O2. The number of nitrogens with zero attached hydrogens (tertiary/aromatic N) is 6. The summed E-state index contributed by atoms with van der Waals surface area (Å²) in [6.07, 6.45) is 6.15. The van der Waals surface area contributed by atoms with Crippen LogP contribution < -0.4 is 15.8 Å². The van der Waals surface area contributed by atoms with E-state index < -0.39 is 0 Å². The fraction of sp³-hybridized carbons (Fsp3) is 0.261. The number of pyridine rings is 1. The number of hydrogen-bond acceptors (Lipinski definition) is 6. The first kappa shape index (κ1) is 19.9. The Morgan fingerprint density at radius 1 is 1.19 bits per heavy atom. The van der Waals surface area contributed by atoms with Gasteiger partial charge in [-0.2, -0.15) is 5.10 Å². The van der Waals surface area contributed by atoms with E-state index in [4.69, 9.17) is 0 Å². The monoisotopic (exact) mass is 429 g/mol. The van der Waals surface area contributed by atoms with Gasteiger partial charge in [0.15, 0.2) is 0 Å². The van der Waals surface area contributed by atoms with Gasteiger partial charge < -0.3 is 14.8 Å². The molecule has 0 bridgehead atoms. The van der Waals surface area contributed by atoms with E-state index in [1.54, 1.807) is 30.2 Å². The average molecular weight is 429 g/mol. The normalized spacial score (nSPS) is 15.9. The van der Waals surface area contributed by atoms with Gasteiger partial charge in [0.05, 0.1) is 17.4 Å². The van der Waals surface area contributed by atoms with Crippen LogP contribution in [0.3, 0.4) is 0 Å². The van der Waals surface area contributed by atoms with Gasteiger partial charge in [0.2, 0.25) is 5.95 Å². The van der Waals surface area contributed by atoms with E-state index in [9.17, 15) is 9.59 Å². The second kappa shape index (κ2) is 7.92. The van der Waals surface area contributed by atoms with Crippen molar-refractivity contribution in [1.82, 2.24) is 29.6 Å². The fourth-order valence-electron chi connectivity index (χ4n) is 4.12. The first-order valence-corrected chi connectivity index (χ1v) is 10.5. The predicted molar refractivity (Wildman–Crippen MR) is 122 cm³/mol. The molecule has 3 aromatic heterocycles. The number of anilines is 1. The molecule has 1 aromatic carbocycles. The number of carbonyl (C=O) groups is 1. The van der Waals surface area contributed by atoms with Gasteiger partial charge in [0, 0.05) is 51.2 Å². The van der Waals surface area contributed by atoms with Crippen LogP contribution in [0.15, 0.2) is 59.8 Å². The van der Waals surface area contributed by atoms with Gasteiger partial charge in [-0.05, 0) is 30.0 Å². The van der Waals surface area contributed by atoms with Crippen molar-refractivity contribution in [3.8, 4) is 11.3 Å². The molecule has 0 aliphatic carbocycles. The van der Waals surface area contributed by atoms with Crippen LogP contribution in [0.25, 0.3) is 22.2 Å². The molecule has 1 amide bonds. The number of nitrogens with one attached hydrogen (secondary N) is 1. The maximum absolute atomic E-state index is 12.9. The maximum Gasteiger partial charge on any atom is 0.263 e. The smallest absolute Gasteiger partial charge is 0.263 e. The molecule has 9 heteroatoms. The summed E-state index contributed by atoms with van der Waals surface area (Å²) in [5.41, 5.74) is 2.37. The molecule has 5 rings (SSSR count). The van der Waals surface area contributed by atoms with Crippen LogP contribution >= 0.6 is 0 Å². The van der Waals surface area contributed by atoms with Crippen LogP contribution in [-0.2, 0) is 14.1 Å². The molecule has 0 spiro atoms. The Morgan fingerprint density at radius 3 is 2.84 bits per heavy atom. The molecule has 162 valence electrons. The first-order valence-electron chi connectivity index (χ1n) is 10.5. The quantitative estimate of drug-likeness (QED) is 0.531. The van der Waals surface area contributed by atoms with Gasteiger partial charge in [0.25, 0.3) is 11.5 Å². The van der Waals surface area contributed by atoms with Crippen LogP contribution in [-0.4, -0.2) is 49.4 Å². The van der Waals surface area contributed by atoms with Gasteiger partial charge in [-0.3, -0.25) is 14.3 Å². The number of hydrogen-bond donors (Lipinski definition) is 1. The topological polar surface area (TPSA) is 97.9 Å². The molecule has 1 saturated heterocycles. The Hall–Kier alpha value is -4.01. The number of para-hydroxylation sites is 1. The lowest BCUT2D eigenvalue weighted by Crippen LogP contribution is -2.40. The highest BCUT2D eigenvalue weighted by molar-refractivity contribution is 5.97. The largest absolute Gasteiger partial charge is 0.347 e. The highest BCUT2D eigenvalue weighted by Gasteiger charge is 2.27. The van der Waals surface area contributed by atoms with Crippen molar-refractivity contribution >= 4 is 22.8 Å². The summed E-state index contributed by atoms with van der Waals surface area (Å²) < 4.78 is 3.25. The minimum absolute atomic E-state index is 0.0932. The van der Waals surface area contributed by atoms with E-state index in [-0.39, 0.29) is 23.1 Å². The second-order valence-corrected chi connectivity index (χ2v) is 8.03. The molecule has 0 saturated carbocycles. The summed E-state index contributed by atoms with van der Waals surface area (Å²) in [6, 6.07) is 11.0. The molecule has 32 heavy (non-hydrogen) atoms. The molecular weight excluding hydrogens is 406 g/mol. The lowest BCUT2D eigenvalue weighted by atomic mass is 10.1. The minimum atomic E-state index is -0.353. The number of benzene rings is 1. The predicted octanol–water partition coefficient (Wildman–Crippen LogP) is 1.74. The first-order chi connectivity index (χ1) is 15.5. The van der Waals surface area contributed by atoms with E-state index in [0.717, 1.165) is 35.1 Å². The zero-order chi connectivity index (χ0) is 22.2. The van der Waals surface area contributed by atoms with Gasteiger partial charge in [-0.1, -0.05) is 18.2 Å². The number of rotatable bonds is 4. The lowest BCUT2D eigenvalue weighted by Gasteiger charge is -2.17. The van der Waals surface area contributed by atoms with Crippen molar-refractivity contribution in [3.63, 3.8) is 0 Å². The van der Waals surface area contributed by atoms with E-state index in [2.05, 4.69) is 20.4 Å². The second-order valence-electron chi connectivity index (χ2n) is 8.03. The van der Waals surface area contributed by atoms with Crippen LogP contribution in [0.5, 0.6) is 0 Å². The third-order valence-corrected chi connectivity index (χ3v) is 5.83. The van der Waals surface area contributed by atoms with Gasteiger partial charge in [0.1, 0.15) is 5.56 Å².